The minimum absolute atomic E-state index is 0.0308. The van der Waals surface area contributed by atoms with E-state index in [1.165, 1.54) is 5.56 Å². The van der Waals surface area contributed by atoms with Crippen molar-refractivity contribution in [2.45, 2.75) is 58.5 Å². The van der Waals surface area contributed by atoms with Crippen molar-refractivity contribution in [1.82, 2.24) is 9.80 Å². The summed E-state index contributed by atoms with van der Waals surface area (Å²) in [6.07, 6.45) is 3.02. The highest BCUT2D eigenvalue weighted by Crippen LogP contribution is 2.33. The Kier molecular flexibility index (Phi) is 7.64. The van der Waals surface area contributed by atoms with Crippen LogP contribution in [0.2, 0.25) is 0 Å². The minimum atomic E-state index is -0.177. The van der Waals surface area contributed by atoms with Gasteiger partial charge in [0.2, 0.25) is 11.8 Å². The second-order valence-corrected chi connectivity index (χ2v) is 6.93. The van der Waals surface area contributed by atoms with Crippen molar-refractivity contribution < 1.29 is 14.3 Å². The predicted molar refractivity (Wildman–Crippen MR) is 103 cm³/mol. The van der Waals surface area contributed by atoms with E-state index in [-0.39, 0.29) is 23.9 Å². The fourth-order valence-electron chi connectivity index (χ4n) is 3.96. The molecule has 0 fully saturated rings. The van der Waals surface area contributed by atoms with Crippen LogP contribution in [0.3, 0.4) is 0 Å². The summed E-state index contributed by atoms with van der Waals surface area (Å²) in [6.45, 7) is 7.61. The number of fused-ring (bicyclic) bond motifs is 1. The maximum atomic E-state index is 13.2. The first-order chi connectivity index (χ1) is 12.5. The fraction of sp³-hybridized carbons (Fsp3) is 0.619. The first-order valence-electron chi connectivity index (χ1n) is 9.66. The quantitative estimate of drug-likeness (QED) is 0.715. The normalized spacial score (nSPS) is 16.5. The van der Waals surface area contributed by atoms with Crippen LogP contribution >= 0.6 is 0 Å². The average Bonchev–Trinajstić information content (AvgIpc) is 2.65. The molecule has 0 saturated carbocycles. The third-order valence-electron chi connectivity index (χ3n) is 5.42. The van der Waals surface area contributed by atoms with Crippen LogP contribution in [0.15, 0.2) is 24.3 Å². The van der Waals surface area contributed by atoms with Crippen LogP contribution in [0.25, 0.3) is 0 Å². The summed E-state index contributed by atoms with van der Waals surface area (Å²) in [5.41, 5.74) is 2.35. The molecule has 2 rings (SSSR count). The van der Waals surface area contributed by atoms with E-state index in [9.17, 15) is 9.59 Å². The lowest BCUT2D eigenvalue weighted by Crippen LogP contribution is -2.45. The van der Waals surface area contributed by atoms with Crippen LogP contribution in [0, 0.1) is 0 Å². The Bertz CT molecular complexity index is 613. The molecule has 0 radical (unpaired) electrons. The van der Waals surface area contributed by atoms with Crippen molar-refractivity contribution in [1.29, 1.82) is 0 Å². The predicted octanol–water partition coefficient (Wildman–Crippen LogP) is 3.19. The first-order valence-corrected chi connectivity index (χ1v) is 9.66. The molecule has 1 aromatic carbocycles. The third kappa shape index (κ3) is 4.64. The van der Waals surface area contributed by atoms with E-state index in [1.54, 1.807) is 14.0 Å². The number of carbonyl (C=O) groups is 2. The number of rotatable bonds is 8. The minimum Gasteiger partial charge on any atom is -0.383 e. The summed E-state index contributed by atoms with van der Waals surface area (Å²) in [5, 5.41) is 0. The Balaban J connectivity index is 2.26. The zero-order valence-electron chi connectivity index (χ0n) is 16.5. The van der Waals surface area contributed by atoms with Crippen molar-refractivity contribution >= 4 is 11.8 Å². The Morgan fingerprint density at radius 1 is 1.27 bits per heavy atom. The molecule has 0 N–H and O–H groups in total. The molecule has 1 heterocycles. The molecule has 0 aliphatic carbocycles. The fourth-order valence-corrected chi connectivity index (χ4v) is 3.96. The molecule has 0 aromatic heterocycles. The number of carbonyl (C=O) groups excluding carboxylic acids is 2. The lowest BCUT2D eigenvalue weighted by Gasteiger charge is -2.38. The smallest absolute Gasteiger partial charge is 0.225 e. The van der Waals surface area contributed by atoms with Crippen LogP contribution < -0.4 is 0 Å². The highest BCUT2D eigenvalue weighted by Gasteiger charge is 2.33. The summed E-state index contributed by atoms with van der Waals surface area (Å²) >= 11 is 0. The van der Waals surface area contributed by atoms with Crippen molar-refractivity contribution in [2.75, 3.05) is 26.8 Å². The summed E-state index contributed by atoms with van der Waals surface area (Å²) in [7, 11) is 1.66. The number of hydrogen-bond acceptors (Lipinski definition) is 3. The molecule has 5 heteroatoms. The topological polar surface area (TPSA) is 49.9 Å². The average molecular weight is 360 g/mol. The Labute approximate surface area is 157 Å². The monoisotopic (exact) mass is 360 g/mol. The molecule has 1 unspecified atom stereocenters. The Hall–Kier alpha value is -1.88. The maximum absolute atomic E-state index is 13.2. The van der Waals surface area contributed by atoms with Gasteiger partial charge in [0.1, 0.15) is 0 Å². The molecule has 1 aliphatic rings. The van der Waals surface area contributed by atoms with Gasteiger partial charge in [-0.3, -0.25) is 9.59 Å². The van der Waals surface area contributed by atoms with Gasteiger partial charge < -0.3 is 14.5 Å². The van der Waals surface area contributed by atoms with Crippen LogP contribution in [-0.4, -0.2) is 54.5 Å². The van der Waals surface area contributed by atoms with Crippen LogP contribution in [0.4, 0.5) is 0 Å². The lowest BCUT2D eigenvalue weighted by atomic mass is 9.90. The Morgan fingerprint density at radius 3 is 2.58 bits per heavy atom. The maximum Gasteiger partial charge on any atom is 0.225 e. The Morgan fingerprint density at radius 2 is 1.96 bits per heavy atom. The van der Waals surface area contributed by atoms with E-state index < -0.39 is 0 Å². The molecular formula is C21H32N2O3. The molecule has 2 amide bonds. The number of amides is 2. The van der Waals surface area contributed by atoms with Gasteiger partial charge in [-0.1, -0.05) is 38.1 Å². The van der Waals surface area contributed by atoms with Gasteiger partial charge in [-0.05, 0) is 30.4 Å². The molecule has 1 aliphatic heterocycles. The highest BCUT2D eigenvalue weighted by atomic mass is 16.5. The summed E-state index contributed by atoms with van der Waals surface area (Å²) < 4.78 is 5.21. The first kappa shape index (κ1) is 20.4. The summed E-state index contributed by atoms with van der Waals surface area (Å²) in [5.74, 6) is 0.131. The van der Waals surface area contributed by atoms with Gasteiger partial charge in [-0.15, -0.1) is 0 Å². The number of benzene rings is 1. The molecule has 1 atom stereocenters. The van der Waals surface area contributed by atoms with E-state index in [2.05, 4.69) is 26.0 Å². The van der Waals surface area contributed by atoms with Crippen LogP contribution in [0.5, 0.6) is 0 Å². The molecule has 0 saturated heterocycles. The van der Waals surface area contributed by atoms with E-state index in [4.69, 9.17) is 4.74 Å². The molecule has 5 nitrogen and oxygen atoms in total. The van der Waals surface area contributed by atoms with Gasteiger partial charge in [0.15, 0.2) is 0 Å². The number of methoxy groups -OCH3 is 1. The van der Waals surface area contributed by atoms with Crippen molar-refractivity contribution in [2.24, 2.45) is 0 Å². The molecule has 1 aromatic rings. The van der Waals surface area contributed by atoms with Gasteiger partial charge in [0.25, 0.3) is 0 Å². The van der Waals surface area contributed by atoms with E-state index >= 15 is 0 Å². The number of ether oxygens (including phenoxy) is 1. The van der Waals surface area contributed by atoms with Crippen LogP contribution in [-0.2, 0) is 20.7 Å². The van der Waals surface area contributed by atoms with Gasteiger partial charge in [0, 0.05) is 33.2 Å². The van der Waals surface area contributed by atoms with Crippen molar-refractivity contribution in [3.63, 3.8) is 0 Å². The number of hydrogen-bond donors (Lipinski definition) is 0. The second kappa shape index (κ2) is 9.72. The second-order valence-electron chi connectivity index (χ2n) is 6.93. The zero-order valence-corrected chi connectivity index (χ0v) is 16.5. The van der Waals surface area contributed by atoms with Crippen LogP contribution in [0.1, 0.15) is 57.2 Å². The van der Waals surface area contributed by atoms with E-state index in [0.717, 1.165) is 24.8 Å². The highest BCUT2D eigenvalue weighted by molar-refractivity contribution is 5.80. The SMILES string of the molecule is CCC(CC)N(CCOC)C(=O)CC1c2ccccc2CCN1C(C)=O. The van der Waals surface area contributed by atoms with Crippen molar-refractivity contribution in [3.8, 4) is 0 Å². The van der Waals surface area contributed by atoms with Gasteiger partial charge >= 0.3 is 0 Å². The molecular weight excluding hydrogens is 328 g/mol. The molecule has 26 heavy (non-hydrogen) atoms. The molecule has 144 valence electrons. The van der Waals surface area contributed by atoms with E-state index in [0.29, 0.717) is 26.1 Å². The van der Waals surface area contributed by atoms with E-state index in [1.807, 2.05) is 21.9 Å². The standard InChI is InChI=1S/C21H32N2O3/c1-5-18(6-2)23(13-14-26-4)21(25)15-20-19-10-8-7-9-17(19)11-12-22(20)16(3)24/h7-10,18,20H,5-6,11-15H2,1-4H3. The van der Waals surface area contributed by atoms with Gasteiger partial charge in [-0.2, -0.15) is 0 Å². The van der Waals surface area contributed by atoms with Crippen molar-refractivity contribution in [3.05, 3.63) is 35.4 Å². The van der Waals surface area contributed by atoms with Gasteiger partial charge in [-0.25, -0.2) is 0 Å². The number of nitrogens with zero attached hydrogens (tertiary/aromatic N) is 2. The summed E-state index contributed by atoms with van der Waals surface area (Å²) in [6, 6.07) is 8.21. The lowest BCUT2D eigenvalue weighted by molar-refractivity contribution is -0.138. The zero-order chi connectivity index (χ0) is 19.1. The molecule has 0 spiro atoms. The largest absolute Gasteiger partial charge is 0.383 e. The van der Waals surface area contributed by atoms with Gasteiger partial charge in [0.05, 0.1) is 19.1 Å². The summed E-state index contributed by atoms with van der Waals surface area (Å²) in [4.78, 5) is 29.1. The third-order valence-corrected chi connectivity index (χ3v) is 5.42. The molecule has 0 bridgehead atoms.